The quantitative estimate of drug-likeness (QED) is 0.661. The fourth-order valence-electron chi connectivity index (χ4n) is 3.56. The summed E-state index contributed by atoms with van der Waals surface area (Å²) in [5.41, 5.74) is 2.52. The fourth-order valence-corrected chi connectivity index (χ4v) is 4.19. The second-order valence-electron chi connectivity index (χ2n) is 7.32. The molecule has 2 aromatic heterocycles. The number of carbonyl (C=O) groups excluding carboxylic acids is 1. The molecular formula is C21H23FN4O2S. The third kappa shape index (κ3) is 4.82. The second-order valence-corrected chi connectivity index (χ2v) is 8.10. The Morgan fingerprint density at radius 2 is 2.28 bits per heavy atom. The highest BCUT2D eigenvalue weighted by Crippen LogP contribution is 2.25. The predicted octanol–water partition coefficient (Wildman–Crippen LogP) is 3.96. The molecule has 6 nitrogen and oxygen atoms in total. The lowest BCUT2D eigenvalue weighted by molar-refractivity contribution is -0.121. The van der Waals surface area contributed by atoms with Gasteiger partial charge in [-0.15, -0.1) is 10.2 Å². The van der Waals surface area contributed by atoms with E-state index in [9.17, 15) is 9.18 Å². The van der Waals surface area contributed by atoms with Gasteiger partial charge in [-0.05, 0) is 48.9 Å². The fraction of sp³-hybridized carbons (Fsp3) is 0.381. The van der Waals surface area contributed by atoms with Crippen LogP contribution in [0.1, 0.15) is 30.7 Å². The van der Waals surface area contributed by atoms with E-state index in [-0.39, 0.29) is 24.2 Å². The van der Waals surface area contributed by atoms with Crippen LogP contribution in [0.3, 0.4) is 0 Å². The highest BCUT2D eigenvalue weighted by molar-refractivity contribution is 7.08. The Labute approximate surface area is 172 Å². The standard InChI is InChI=1S/C21H23FN4O2S/c1-14-4-5-17(22)18(11-14)26-9-2-3-16(12-26)23-19(27)6-7-20-24-25-21(28-20)15-8-10-29-13-15/h4-5,8,10-11,13,16H,2-3,6-7,9,12H2,1H3,(H,23,27). The van der Waals surface area contributed by atoms with Crippen molar-refractivity contribution in [2.24, 2.45) is 0 Å². The summed E-state index contributed by atoms with van der Waals surface area (Å²) in [5, 5.41) is 15.0. The monoisotopic (exact) mass is 414 g/mol. The molecule has 1 saturated heterocycles. The Kier molecular flexibility index (Phi) is 5.89. The molecule has 0 saturated carbocycles. The normalized spacial score (nSPS) is 16.8. The van der Waals surface area contributed by atoms with Crippen LogP contribution >= 0.6 is 11.3 Å². The Hall–Kier alpha value is -2.74. The van der Waals surface area contributed by atoms with Gasteiger partial charge in [0.1, 0.15) is 5.82 Å². The van der Waals surface area contributed by atoms with Gasteiger partial charge in [0.05, 0.1) is 5.69 Å². The van der Waals surface area contributed by atoms with Gasteiger partial charge in [-0.1, -0.05) is 6.07 Å². The zero-order chi connectivity index (χ0) is 20.2. The summed E-state index contributed by atoms with van der Waals surface area (Å²) < 4.78 is 19.8. The maximum absolute atomic E-state index is 14.2. The summed E-state index contributed by atoms with van der Waals surface area (Å²) in [4.78, 5) is 14.4. The number of nitrogens with one attached hydrogen (secondary N) is 1. The second kappa shape index (κ2) is 8.73. The van der Waals surface area contributed by atoms with Crippen LogP contribution < -0.4 is 10.2 Å². The van der Waals surface area contributed by atoms with E-state index >= 15 is 0 Å². The number of benzene rings is 1. The first-order valence-electron chi connectivity index (χ1n) is 9.74. The van der Waals surface area contributed by atoms with E-state index in [1.807, 2.05) is 34.7 Å². The molecule has 1 unspecified atom stereocenters. The van der Waals surface area contributed by atoms with Crippen molar-refractivity contribution in [2.75, 3.05) is 18.0 Å². The van der Waals surface area contributed by atoms with Crippen LogP contribution in [0.2, 0.25) is 0 Å². The molecule has 1 amide bonds. The van der Waals surface area contributed by atoms with E-state index in [4.69, 9.17) is 4.42 Å². The van der Waals surface area contributed by atoms with Gasteiger partial charge in [0.25, 0.3) is 0 Å². The van der Waals surface area contributed by atoms with Gasteiger partial charge in [0.15, 0.2) is 0 Å². The van der Waals surface area contributed by atoms with Crippen molar-refractivity contribution in [3.63, 3.8) is 0 Å². The number of aromatic nitrogens is 2. The number of anilines is 1. The zero-order valence-corrected chi connectivity index (χ0v) is 17.0. The number of hydrogen-bond acceptors (Lipinski definition) is 6. The van der Waals surface area contributed by atoms with Crippen molar-refractivity contribution in [3.05, 3.63) is 52.3 Å². The summed E-state index contributed by atoms with van der Waals surface area (Å²) in [5.74, 6) is 0.649. The van der Waals surface area contributed by atoms with Crippen molar-refractivity contribution in [1.82, 2.24) is 15.5 Å². The van der Waals surface area contributed by atoms with Gasteiger partial charge in [-0.25, -0.2) is 4.39 Å². The van der Waals surface area contributed by atoms with Crippen LogP contribution in [-0.2, 0) is 11.2 Å². The summed E-state index contributed by atoms with van der Waals surface area (Å²) >= 11 is 1.56. The molecule has 152 valence electrons. The first-order chi connectivity index (χ1) is 14.1. The number of halogens is 1. The summed E-state index contributed by atoms with van der Waals surface area (Å²) in [6.45, 7) is 3.35. The van der Waals surface area contributed by atoms with Crippen LogP contribution in [0.4, 0.5) is 10.1 Å². The van der Waals surface area contributed by atoms with Gasteiger partial charge in [-0.2, -0.15) is 11.3 Å². The highest BCUT2D eigenvalue weighted by Gasteiger charge is 2.23. The van der Waals surface area contributed by atoms with Crippen LogP contribution in [-0.4, -0.2) is 35.2 Å². The van der Waals surface area contributed by atoms with Crippen LogP contribution in [0.5, 0.6) is 0 Å². The lowest BCUT2D eigenvalue weighted by Crippen LogP contribution is -2.48. The van der Waals surface area contributed by atoms with Crippen LogP contribution in [0.25, 0.3) is 11.5 Å². The number of aryl methyl sites for hydroxylation is 2. The molecular weight excluding hydrogens is 391 g/mol. The van der Waals surface area contributed by atoms with E-state index in [0.717, 1.165) is 30.5 Å². The number of hydrogen-bond donors (Lipinski definition) is 1. The van der Waals surface area contributed by atoms with Gasteiger partial charge in [0, 0.05) is 42.9 Å². The largest absolute Gasteiger partial charge is 0.421 e. The Morgan fingerprint density at radius 3 is 3.10 bits per heavy atom. The summed E-state index contributed by atoms with van der Waals surface area (Å²) in [6.07, 6.45) is 2.47. The molecule has 3 heterocycles. The highest BCUT2D eigenvalue weighted by atomic mass is 32.1. The number of rotatable bonds is 6. The number of nitrogens with zero attached hydrogens (tertiary/aromatic N) is 3. The van der Waals surface area contributed by atoms with Crippen LogP contribution in [0.15, 0.2) is 39.4 Å². The molecule has 1 fully saturated rings. The molecule has 1 aliphatic rings. The van der Waals surface area contributed by atoms with Crippen molar-refractivity contribution in [1.29, 1.82) is 0 Å². The van der Waals surface area contributed by atoms with E-state index in [1.165, 1.54) is 6.07 Å². The van der Waals surface area contributed by atoms with Crippen molar-refractivity contribution in [3.8, 4) is 11.5 Å². The number of thiophene rings is 1. The van der Waals surface area contributed by atoms with E-state index in [1.54, 1.807) is 17.4 Å². The molecule has 0 bridgehead atoms. The van der Waals surface area contributed by atoms with Crippen LogP contribution in [0, 0.1) is 12.7 Å². The maximum Gasteiger partial charge on any atom is 0.248 e. The summed E-state index contributed by atoms with van der Waals surface area (Å²) in [6, 6.07) is 7.05. The Morgan fingerprint density at radius 1 is 1.38 bits per heavy atom. The van der Waals surface area contributed by atoms with E-state index < -0.39 is 0 Å². The molecule has 8 heteroatoms. The topological polar surface area (TPSA) is 71.3 Å². The van der Waals surface area contributed by atoms with E-state index in [2.05, 4.69) is 15.5 Å². The SMILES string of the molecule is Cc1ccc(F)c(N2CCCC(NC(=O)CCc3nnc(-c4ccsc4)o3)C2)c1. The minimum Gasteiger partial charge on any atom is -0.421 e. The molecule has 1 aromatic carbocycles. The molecule has 0 aliphatic carbocycles. The molecule has 29 heavy (non-hydrogen) atoms. The molecule has 1 atom stereocenters. The number of piperidine rings is 1. The minimum absolute atomic E-state index is 0.000199. The van der Waals surface area contributed by atoms with E-state index in [0.29, 0.717) is 30.4 Å². The average Bonchev–Trinajstić information content (AvgIpc) is 3.40. The predicted molar refractivity (Wildman–Crippen MR) is 110 cm³/mol. The van der Waals surface area contributed by atoms with Crippen molar-refractivity contribution >= 4 is 22.9 Å². The third-order valence-corrected chi connectivity index (χ3v) is 5.71. The molecule has 0 radical (unpaired) electrons. The lowest BCUT2D eigenvalue weighted by Gasteiger charge is -2.35. The minimum atomic E-state index is -0.222. The first-order valence-corrected chi connectivity index (χ1v) is 10.7. The third-order valence-electron chi connectivity index (χ3n) is 5.03. The van der Waals surface area contributed by atoms with Gasteiger partial charge < -0.3 is 14.6 Å². The molecule has 4 rings (SSSR count). The Balaban J connectivity index is 1.30. The number of amides is 1. The number of carbonyl (C=O) groups is 1. The van der Waals surface area contributed by atoms with Crippen molar-refractivity contribution in [2.45, 2.75) is 38.6 Å². The Bertz CT molecular complexity index is 973. The molecule has 1 aliphatic heterocycles. The lowest BCUT2D eigenvalue weighted by atomic mass is 10.0. The molecule has 0 spiro atoms. The molecule has 3 aromatic rings. The smallest absolute Gasteiger partial charge is 0.248 e. The zero-order valence-electron chi connectivity index (χ0n) is 16.2. The van der Waals surface area contributed by atoms with Gasteiger partial charge >= 0.3 is 0 Å². The van der Waals surface area contributed by atoms with Crippen molar-refractivity contribution < 1.29 is 13.6 Å². The first kappa shape index (κ1) is 19.6. The van der Waals surface area contributed by atoms with Gasteiger partial charge in [0.2, 0.25) is 17.7 Å². The average molecular weight is 415 g/mol. The maximum atomic E-state index is 14.2. The van der Waals surface area contributed by atoms with Gasteiger partial charge in [-0.3, -0.25) is 4.79 Å². The molecule has 1 N–H and O–H groups in total. The summed E-state index contributed by atoms with van der Waals surface area (Å²) in [7, 11) is 0.